The molecule has 25 heavy (non-hydrogen) atoms. The van der Waals surface area contributed by atoms with Crippen LogP contribution in [0.15, 0.2) is 36.4 Å². The molecule has 2 rings (SSSR count). The van der Waals surface area contributed by atoms with Crippen LogP contribution in [0, 0.1) is 17.2 Å². The Bertz CT molecular complexity index is 841. The number of fused-ring (bicyclic) bond motifs is 1. The van der Waals surface area contributed by atoms with E-state index in [9.17, 15) is 14.9 Å². The summed E-state index contributed by atoms with van der Waals surface area (Å²) in [4.78, 5) is 28.7. The van der Waals surface area contributed by atoms with Gasteiger partial charge < -0.3 is 10.1 Å². The maximum atomic E-state index is 12.2. The van der Waals surface area contributed by atoms with Gasteiger partial charge in [-0.05, 0) is 31.9 Å². The van der Waals surface area contributed by atoms with Crippen molar-refractivity contribution in [1.82, 2.24) is 10.3 Å². The minimum atomic E-state index is -1.04. The Hall–Kier alpha value is -2.94. The van der Waals surface area contributed by atoms with E-state index in [1.165, 1.54) is 6.92 Å². The molecule has 1 aromatic heterocycles. The number of aromatic nitrogens is 1. The smallest absolute Gasteiger partial charge is 0.357 e. The summed E-state index contributed by atoms with van der Waals surface area (Å²) in [5.74, 6) is -1.30. The number of nitrogens with one attached hydrogen (secondary N) is 1. The first-order chi connectivity index (χ1) is 11.8. The van der Waals surface area contributed by atoms with Crippen LogP contribution in [0.4, 0.5) is 0 Å². The Morgan fingerprint density at radius 2 is 1.88 bits per heavy atom. The van der Waals surface area contributed by atoms with Gasteiger partial charge in [0.25, 0.3) is 5.91 Å². The van der Waals surface area contributed by atoms with Gasteiger partial charge in [0, 0.05) is 5.39 Å². The molecule has 0 unspecified atom stereocenters. The van der Waals surface area contributed by atoms with Crippen molar-refractivity contribution in [2.75, 3.05) is 0 Å². The predicted molar refractivity (Wildman–Crippen MR) is 93.6 cm³/mol. The van der Waals surface area contributed by atoms with E-state index in [1.807, 2.05) is 32.0 Å². The molecule has 0 saturated carbocycles. The van der Waals surface area contributed by atoms with Gasteiger partial charge in [-0.15, -0.1) is 0 Å². The van der Waals surface area contributed by atoms with Crippen LogP contribution in [0.1, 0.15) is 38.2 Å². The summed E-state index contributed by atoms with van der Waals surface area (Å²) in [5, 5.41) is 12.8. The quantitative estimate of drug-likeness (QED) is 0.846. The zero-order valence-electron chi connectivity index (χ0n) is 14.7. The molecule has 0 aliphatic carbocycles. The van der Waals surface area contributed by atoms with E-state index in [0.29, 0.717) is 5.52 Å². The van der Waals surface area contributed by atoms with Crippen LogP contribution < -0.4 is 5.32 Å². The van der Waals surface area contributed by atoms with Gasteiger partial charge in [-0.1, -0.05) is 38.1 Å². The van der Waals surface area contributed by atoms with Crippen LogP contribution in [-0.2, 0) is 9.53 Å². The predicted octanol–water partition coefficient (Wildman–Crippen LogP) is 2.83. The van der Waals surface area contributed by atoms with E-state index in [4.69, 9.17) is 4.74 Å². The number of rotatable bonds is 5. The molecule has 0 radical (unpaired) electrons. The first-order valence-corrected chi connectivity index (χ1v) is 8.07. The van der Waals surface area contributed by atoms with Gasteiger partial charge in [0.2, 0.25) is 0 Å². The summed E-state index contributed by atoms with van der Waals surface area (Å²) >= 11 is 0. The highest BCUT2D eigenvalue weighted by atomic mass is 16.5. The monoisotopic (exact) mass is 339 g/mol. The van der Waals surface area contributed by atoms with Crippen molar-refractivity contribution in [3.63, 3.8) is 0 Å². The van der Waals surface area contributed by atoms with Crippen molar-refractivity contribution in [1.29, 1.82) is 5.26 Å². The highest BCUT2D eigenvalue weighted by Crippen LogP contribution is 2.16. The van der Waals surface area contributed by atoms with Gasteiger partial charge in [0.15, 0.2) is 6.10 Å². The average molecular weight is 339 g/mol. The Labute approximate surface area is 146 Å². The van der Waals surface area contributed by atoms with Crippen molar-refractivity contribution in [2.45, 2.75) is 39.3 Å². The van der Waals surface area contributed by atoms with Crippen molar-refractivity contribution >= 4 is 22.8 Å². The molecule has 130 valence electrons. The third-order valence-electron chi connectivity index (χ3n) is 4.23. The van der Waals surface area contributed by atoms with Crippen molar-refractivity contribution in [3.8, 4) is 6.07 Å². The minimum Gasteiger partial charge on any atom is -0.448 e. The highest BCUT2D eigenvalue weighted by molar-refractivity contribution is 5.93. The van der Waals surface area contributed by atoms with Crippen LogP contribution >= 0.6 is 0 Å². The minimum absolute atomic E-state index is 0.0912. The van der Waals surface area contributed by atoms with Crippen LogP contribution in [0.2, 0.25) is 0 Å². The second kappa shape index (κ2) is 7.31. The third-order valence-corrected chi connectivity index (χ3v) is 4.23. The van der Waals surface area contributed by atoms with Crippen LogP contribution in [0.5, 0.6) is 0 Å². The van der Waals surface area contributed by atoms with E-state index in [0.717, 1.165) is 5.39 Å². The third kappa shape index (κ3) is 4.13. The summed E-state index contributed by atoms with van der Waals surface area (Å²) < 4.78 is 5.19. The van der Waals surface area contributed by atoms with E-state index < -0.39 is 23.5 Å². The molecule has 2 atom stereocenters. The number of hydrogen-bond donors (Lipinski definition) is 1. The largest absolute Gasteiger partial charge is 0.448 e. The van der Waals surface area contributed by atoms with Gasteiger partial charge in [-0.25, -0.2) is 9.78 Å². The molecule has 2 aromatic rings. The first kappa shape index (κ1) is 18.4. The molecule has 1 heterocycles. The average Bonchev–Trinajstić information content (AvgIpc) is 2.60. The molecule has 6 heteroatoms. The summed E-state index contributed by atoms with van der Waals surface area (Å²) in [6, 6.07) is 12.8. The van der Waals surface area contributed by atoms with Crippen LogP contribution in [0.3, 0.4) is 0 Å². The molecule has 1 aromatic carbocycles. The molecule has 1 amide bonds. The number of nitrogens with zero attached hydrogens (tertiary/aromatic N) is 2. The lowest BCUT2D eigenvalue weighted by molar-refractivity contribution is -0.130. The van der Waals surface area contributed by atoms with Gasteiger partial charge in [-0.2, -0.15) is 5.26 Å². The molecule has 0 spiro atoms. The normalized spacial score (nSPS) is 14.4. The van der Waals surface area contributed by atoms with Gasteiger partial charge >= 0.3 is 5.97 Å². The van der Waals surface area contributed by atoms with Crippen molar-refractivity contribution < 1.29 is 14.3 Å². The number of esters is 1. The maximum Gasteiger partial charge on any atom is 0.357 e. The zero-order chi connectivity index (χ0) is 18.6. The zero-order valence-corrected chi connectivity index (χ0v) is 14.7. The van der Waals surface area contributed by atoms with E-state index in [1.54, 1.807) is 25.1 Å². The molecule has 1 N–H and O–H groups in total. The van der Waals surface area contributed by atoms with Crippen molar-refractivity contribution in [3.05, 3.63) is 42.1 Å². The van der Waals surface area contributed by atoms with Crippen LogP contribution in [-0.4, -0.2) is 28.5 Å². The number of carbonyl (C=O) groups is 2. The fraction of sp³-hybridized carbons (Fsp3) is 0.368. The Kier molecular flexibility index (Phi) is 5.38. The van der Waals surface area contributed by atoms with E-state index in [2.05, 4.69) is 16.4 Å². The lowest BCUT2D eigenvalue weighted by Gasteiger charge is -2.28. The molecule has 0 aliphatic rings. The molecule has 0 aliphatic heterocycles. The molecular weight excluding hydrogens is 318 g/mol. The van der Waals surface area contributed by atoms with E-state index >= 15 is 0 Å². The highest BCUT2D eigenvalue weighted by Gasteiger charge is 2.32. The molecule has 6 nitrogen and oxygen atoms in total. The lowest BCUT2D eigenvalue weighted by atomic mass is 9.90. The number of amides is 1. The van der Waals surface area contributed by atoms with E-state index in [-0.39, 0.29) is 11.6 Å². The molecular formula is C19H21N3O3. The summed E-state index contributed by atoms with van der Waals surface area (Å²) in [5.41, 5.74) is -0.227. The molecule has 0 fully saturated rings. The number of ether oxygens (including phenoxy) is 1. The Balaban J connectivity index is 2.08. The topological polar surface area (TPSA) is 92.1 Å². The van der Waals surface area contributed by atoms with Gasteiger partial charge in [0.05, 0.1) is 11.6 Å². The number of hydrogen-bond acceptors (Lipinski definition) is 5. The maximum absolute atomic E-state index is 12.2. The first-order valence-electron chi connectivity index (χ1n) is 8.07. The lowest BCUT2D eigenvalue weighted by Crippen LogP contribution is -2.52. The number of pyridine rings is 1. The number of nitriles is 1. The second-order valence-electron chi connectivity index (χ2n) is 6.39. The number of carbonyl (C=O) groups excluding carboxylic acids is 2. The summed E-state index contributed by atoms with van der Waals surface area (Å²) in [6.45, 7) is 6.76. The Morgan fingerprint density at radius 1 is 1.20 bits per heavy atom. The fourth-order valence-corrected chi connectivity index (χ4v) is 2.11. The van der Waals surface area contributed by atoms with Gasteiger partial charge in [-0.3, -0.25) is 4.79 Å². The second-order valence-corrected chi connectivity index (χ2v) is 6.39. The Morgan fingerprint density at radius 3 is 2.52 bits per heavy atom. The van der Waals surface area contributed by atoms with Gasteiger partial charge in [0.1, 0.15) is 11.2 Å². The molecule has 0 saturated heterocycles. The molecule has 0 bridgehead atoms. The number of para-hydroxylation sites is 1. The summed E-state index contributed by atoms with van der Waals surface area (Å²) in [7, 11) is 0. The van der Waals surface area contributed by atoms with Crippen molar-refractivity contribution in [2.24, 2.45) is 5.92 Å². The standard InChI is InChI=1S/C19H21N3O3/c1-12(2)19(4,11-20)22-17(23)13(3)25-18(24)16-10-9-14-7-5-6-8-15(14)21-16/h5-10,12-13H,1-4H3,(H,22,23)/t13-,19-/m1/s1. The fourth-order valence-electron chi connectivity index (χ4n) is 2.11. The summed E-state index contributed by atoms with van der Waals surface area (Å²) in [6.07, 6.45) is -1.04. The number of benzene rings is 1. The SMILES string of the molecule is CC(C)[C@@](C)(C#N)NC(=O)[C@@H](C)OC(=O)c1ccc2ccccc2n1. The van der Waals surface area contributed by atoms with Crippen LogP contribution in [0.25, 0.3) is 10.9 Å².